The third-order valence-electron chi connectivity index (χ3n) is 3.99. The van der Waals surface area contributed by atoms with Gasteiger partial charge in [0.15, 0.2) is 0 Å². The average Bonchev–Trinajstić information content (AvgIpc) is 3.07. The standard InChI is InChI=1S/C15H19N3O2.ClH/c16-12-6-8-17(10-12)15(20)11-3-1-4-13(9-11)18-7-2-5-14(18)19;/h1,3-4,9,12H,2,5-8,10,16H2;1H/t12-;/m1./s1. The van der Waals surface area contributed by atoms with Crippen LogP contribution in [0, 0.1) is 0 Å². The SMILES string of the molecule is Cl.N[C@@H]1CCN(C(=O)c2cccc(N3CCCC3=O)c2)C1. The Hall–Kier alpha value is -1.59. The van der Waals surface area contributed by atoms with Gasteiger partial charge in [0.05, 0.1) is 0 Å². The maximum absolute atomic E-state index is 12.4. The minimum atomic E-state index is 0. The molecule has 0 aliphatic carbocycles. The largest absolute Gasteiger partial charge is 0.337 e. The fourth-order valence-corrected chi connectivity index (χ4v) is 2.88. The summed E-state index contributed by atoms with van der Waals surface area (Å²) in [7, 11) is 0. The number of anilines is 1. The quantitative estimate of drug-likeness (QED) is 0.898. The molecule has 2 N–H and O–H groups in total. The van der Waals surface area contributed by atoms with E-state index in [2.05, 4.69) is 0 Å². The van der Waals surface area contributed by atoms with Crippen LogP contribution in [0.3, 0.4) is 0 Å². The first-order chi connectivity index (χ1) is 9.65. The van der Waals surface area contributed by atoms with Gasteiger partial charge in [0, 0.05) is 43.3 Å². The second-order valence-electron chi connectivity index (χ2n) is 5.50. The molecule has 0 saturated carbocycles. The first kappa shape index (κ1) is 15.8. The van der Waals surface area contributed by atoms with Crippen LogP contribution < -0.4 is 10.6 Å². The normalized spacial score (nSPS) is 21.6. The summed E-state index contributed by atoms with van der Waals surface area (Å²) in [6, 6.07) is 7.42. The number of hydrogen-bond donors (Lipinski definition) is 1. The lowest BCUT2D eigenvalue weighted by atomic mass is 10.1. The zero-order chi connectivity index (χ0) is 14.1. The van der Waals surface area contributed by atoms with Crippen LogP contribution in [-0.2, 0) is 4.79 Å². The number of rotatable bonds is 2. The Morgan fingerprint density at radius 2 is 2.10 bits per heavy atom. The number of carbonyl (C=O) groups is 2. The number of carbonyl (C=O) groups excluding carboxylic acids is 2. The zero-order valence-electron chi connectivity index (χ0n) is 11.8. The third kappa shape index (κ3) is 3.19. The summed E-state index contributed by atoms with van der Waals surface area (Å²) in [5, 5.41) is 0. The van der Waals surface area contributed by atoms with Crippen LogP contribution in [0.5, 0.6) is 0 Å². The van der Waals surface area contributed by atoms with Crippen LogP contribution in [0.25, 0.3) is 0 Å². The molecule has 1 atom stereocenters. The molecule has 0 aromatic heterocycles. The van der Waals surface area contributed by atoms with E-state index in [9.17, 15) is 9.59 Å². The summed E-state index contributed by atoms with van der Waals surface area (Å²) >= 11 is 0. The predicted octanol–water partition coefficient (Wildman–Crippen LogP) is 1.41. The Morgan fingerprint density at radius 1 is 1.29 bits per heavy atom. The summed E-state index contributed by atoms with van der Waals surface area (Å²) in [5.41, 5.74) is 7.30. The number of amides is 2. The molecule has 1 aromatic rings. The molecule has 5 nitrogen and oxygen atoms in total. The lowest BCUT2D eigenvalue weighted by Gasteiger charge is -2.19. The first-order valence-corrected chi connectivity index (χ1v) is 7.10. The summed E-state index contributed by atoms with van der Waals surface area (Å²) in [6.45, 7) is 2.07. The highest BCUT2D eigenvalue weighted by Crippen LogP contribution is 2.23. The third-order valence-corrected chi connectivity index (χ3v) is 3.99. The van der Waals surface area contributed by atoms with E-state index >= 15 is 0 Å². The van der Waals surface area contributed by atoms with E-state index in [1.165, 1.54) is 0 Å². The Morgan fingerprint density at radius 3 is 2.71 bits per heavy atom. The van der Waals surface area contributed by atoms with E-state index in [1.807, 2.05) is 18.2 Å². The number of nitrogens with zero attached hydrogens (tertiary/aromatic N) is 2. The van der Waals surface area contributed by atoms with Crippen molar-refractivity contribution in [1.29, 1.82) is 0 Å². The van der Waals surface area contributed by atoms with Gasteiger partial charge in [-0.1, -0.05) is 6.07 Å². The van der Waals surface area contributed by atoms with E-state index in [-0.39, 0.29) is 30.3 Å². The highest BCUT2D eigenvalue weighted by atomic mass is 35.5. The molecule has 2 aliphatic rings. The molecule has 2 saturated heterocycles. The molecule has 6 heteroatoms. The minimum absolute atomic E-state index is 0. The second kappa shape index (κ2) is 6.45. The number of benzene rings is 1. The van der Waals surface area contributed by atoms with Crippen LogP contribution in [0.2, 0.25) is 0 Å². The van der Waals surface area contributed by atoms with Crippen molar-refractivity contribution in [3.05, 3.63) is 29.8 Å². The van der Waals surface area contributed by atoms with Gasteiger partial charge >= 0.3 is 0 Å². The van der Waals surface area contributed by atoms with Crippen LogP contribution in [0.1, 0.15) is 29.6 Å². The monoisotopic (exact) mass is 309 g/mol. The van der Waals surface area contributed by atoms with Gasteiger partial charge < -0.3 is 15.5 Å². The topological polar surface area (TPSA) is 66.6 Å². The number of halogens is 1. The van der Waals surface area contributed by atoms with E-state index in [0.717, 1.165) is 25.1 Å². The molecule has 1 aromatic carbocycles. The van der Waals surface area contributed by atoms with Crippen LogP contribution in [-0.4, -0.2) is 42.4 Å². The molecular weight excluding hydrogens is 290 g/mol. The summed E-state index contributed by atoms with van der Waals surface area (Å²) in [4.78, 5) is 27.7. The van der Waals surface area contributed by atoms with Crippen molar-refractivity contribution in [2.24, 2.45) is 5.73 Å². The minimum Gasteiger partial charge on any atom is -0.337 e. The molecule has 0 radical (unpaired) electrons. The Kier molecular flexibility index (Phi) is 4.85. The van der Waals surface area contributed by atoms with Crippen LogP contribution in [0.4, 0.5) is 5.69 Å². The maximum Gasteiger partial charge on any atom is 0.253 e. The lowest BCUT2D eigenvalue weighted by molar-refractivity contribution is -0.117. The van der Waals surface area contributed by atoms with Gasteiger partial charge in [0.25, 0.3) is 5.91 Å². The maximum atomic E-state index is 12.4. The summed E-state index contributed by atoms with van der Waals surface area (Å²) < 4.78 is 0. The molecule has 0 bridgehead atoms. The first-order valence-electron chi connectivity index (χ1n) is 7.10. The van der Waals surface area contributed by atoms with E-state index in [4.69, 9.17) is 5.73 Å². The molecule has 2 aliphatic heterocycles. The van der Waals surface area contributed by atoms with E-state index in [1.54, 1.807) is 15.9 Å². The van der Waals surface area contributed by atoms with Gasteiger partial charge in [-0.05, 0) is 31.0 Å². The number of likely N-dealkylation sites (tertiary alicyclic amines) is 1. The smallest absolute Gasteiger partial charge is 0.253 e. The Labute approximate surface area is 130 Å². The van der Waals surface area contributed by atoms with Crippen LogP contribution >= 0.6 is 12.4 Å². The molecule has 2 fully saturated rings. The fourth-order valence-electron chi connectivity index (χ4n) is 2.88. The van der Waals surface area contributed by atoms with Crippen molar-refractivity contribution < 1.29 is 9.59 Å². The van der Waals surface area contributed by atoms with Crippen molar-refractivity contribution in [2.75, 3.05) is 24.5 Å². The van der Waals surface area contributed by atoms with Gasteiger partial charge in [-0.2, -0.15) is 0 Å². The summed E-state index contributed by atoms with van der Waals surface area (Å²) in [6.07, 6.45) is 2.34. The molecule has 21 heavy (non-hydrogen) atoms. The molecule has 0 spiro atoms. The lowest BCUT2D eigenvalue weighted by Crippen LogP contribution is -2.32. The van der Waals surface area contributed by atoms with Crippen molar-refractivity contribution in [3.8, 4) is 0 Å². The Bertz CT molecular complexity index is 549. The van der Waals surface area contributed by atoms with E-state index in [0.29, 0.717) is 25.1 Å². The van der Waals surface area contributed by atoms with Crippen molar-refractivity contribution >= 4 is 29.9 Å². The van der Waals surface area contributed by atoms with Gasteiger partial charge in [0.1, 0.15) is 0 Å². The number of nitrogens with two attached hydrogens (primary N) is 1. The van der Waals surface area contributed by atoms with Crippen molar-refractivity contribution in [3.63, 3.8) is 0 Å². The van der Waals surface area contributed by atoms with Crippen molar-refractivity contribution in [1.82, 2.24) is 4.90 Å². The highest BCUT2D eigenvalue weighted by Gasteiger charge is 2.26. The van der Waals surface area contributed by atoms with Gasteiger partial charge in [-0.15, -0.1) is 12.4 Å². The van der Waals surface area contributed by atoms with Crippen LogP contribution in [0.15, 0.2) is 24.3 Å². The molecule has 3 rings (SSSR count). The average molecular weight is 310 g/mol. The second-order valence-corrected chi connectivity index (χ2v) is 5.50. The van der Waals surface area contributed by atoms with Gasteiger partial charge in [-0.25, -0.2) is 0 Å². The molecule has 2 heterocycles. The molecule has 114 valence electrons. The Balaban J connectivity index is 0.00000161. The molecular formula is C15H20ClN3O2. The highest BCUT2D eigenvalue weighted by molar-refractivity contribution is 5.99. The number of hydrogen-bond acceptors (Lipinski definition) is 3. The van der Waals surface area contributed by atoms with Gasteiger partial charge in [-0.3, -0.25) is 9.59 Å². The zero-order valence-corrected chi connectivity index (χ0v) is 12.6. The fraction of sp³-hybridized carbons (Fsp3) is 0.467. The van der Waals surface area contributed by atoms with Gasteiger partial charge in [0.2, 0.25) is 5.91 Å². The molecule has 0 unspecified atom stereocenters. The molecule has 2 amide bonds. The summed E-state index contributed by atoms with van der Waals surface area (Å²) in [5.74, 6) is 0.143. The predicted molar refractivity (Wildman–Crippen MR) is 83.8 cm³/mol. The van der Waals surface area contributed by atoms with Crippen molar-refractivity contribution in [2.45, 2.75) is 25.3 Å². The van der Waals surface area contributed by atoms with E-state index < -0.39 is 0 Å².